The number of nitrogens with zero attached hydrogens (tertiary/aromatic N) is 1. The highest BCUT2D eigenvalue weighted by Gasteiger charge is 2.28. The van der Waals surface area contributed by atoms with E-state index in [1.165, 1.54) is 32.4 Å². The molecule has 1 aliphatic heterocycles. The molecule has 21 heavy (non-hydrogen) atoms. The first-order valence-corrected chi connectivity index (χ1v) is 8.36. The normalized spacial score (nSPS) is 19.2. The first kappa shape index (κ1) is 16.3. The zero-order valence-electron chi connectivity index (χ0n) is 13.5. The van der Waals surface area contributed by atoms with E-state index in [1.807, 2.05) is 31.2 Å². The highest BCUT2D eigenvalue weighted by Crippen LogP contribution is 2.30. The van der Waals surface area contributed by atoms with E-state index in [9.17, 15) is 5.11 Å². The molecule has 0 aliphatic carbocycles. The number of benzene rings is 1. The Morgan fingerprint density at radius 2 is 1.76 bits per heavy atom. The van der Waals surface area contributed by atoms with Crippen molar-refractivity contribution in [3.63, 3.8) is 0 Å². The van der Waals surface area contributed by atoms with Crippen LogP contribution in [0.5, 0.6) is 5.75 Å². The van der Waals surface area contributed by atoms with Crippen molar-refractivity contribution in [1.29, 1.82) is 0 Å². The summed E-state index contributed by atoms with van der Waals surface area (Å²) in [5.74, 6) is 0.871. The Morgan fingerprint density at radius 1 is 1.10 bits per heavy atom. The molecular formula is C18H29NO2. The molecule has 2 rings (SSSR count). The first-order chi connectivity index (χ1) is 10.2. The maximum absolute atomic E-state index is 11.0. The van der Waals surface area contributed by atoms with Crippen LogP contribution in [0.25, 0.3) is 0 Å². The summed E-state index contributed by atoms with van der Waals surface area (Å²) in [5.41, 5.74) is 0.285. The summed E-state index contributed by atoms with van der Waals surface area (Å²) < 4.78 is 5.47. The average Bonchev–Trinajstić information content (AvgIpc) is 2.54. The molecule has 0 radical (unpaired) electrons. The highest BCUT2D eigenvalue weighted by atomic mass is 16.5. The standard InChI is InChI=1S/C18H29NO2/c1-3-18(20,12-15-19-13-6-5-7-14-19)16-8-10-17(11-9-16)21-4-2/h8-11,20H,3-7,12-15H2,1-2H3/t18-/m0/s1. The predicted octanol–water partition coefficient (Wildman–Crippen LogP) is 3.56. The molecule has 1 saturated heterocycles. The van der Waals surface area contributed by atoms with Crippen molar-refractivity contribution in [2.24, 2.45) is 0 Å². The zero-order chi connectivity index (χ0) is 15.1. The number of piperidine rings is 1. The van der Waals surface area contributed by atoms with Crippen LogP contribution in [0.2, 0.25) is 0 Å². The fourth-order valence-corrected chi connectivity index (χ4v) is 3.08. The number of likely N-dealkylation sites (tertiary alicyclic amines) is 1. The lowest BCUT2D eigenvalue weighted by atomic mass is 9.87. The Balaban J connectivity index is 1.97. The van der Waals surface area contributed by atoms with Crippen LogP contribution in [0.3, 0.4) is 0 Å². The topological polar surface area (TPSA) is 32.7 Å². The van der Waals surface area contributed by atoms with Gasteiger partial charge in [0.2, 0.25) is 0 Å². The predicted molar refractivity (Wildman–Crippen MR) is 86.7 cm³/mol. The molecular weight excluding hydrogens is 262 g/mol. The molecule has 1 N–H and O–H groups in total. The Labute approximate surface area is 128 Å². The minimum absolute atomic E-state index is 0.673. The number of rotatable bonds is 7. The van der Waals surface area contributed by atoms with Crippen LogP contribution in [-0.4, -0.2) is 36.2 Å². The summed E-state index contributed by atoms with van der Waals surface area (Å²) in [7, 11) is 0. The van der Waals surface area contributed by atoms with Crippen molar-refractivity contribution in [3.8, 4) is 5.75 Å². The molecule has 0 unspecified atom stereocenters. The van der Waals surface area contributed by atoms with Gasteiger partial charge in [-0.2, -0.15) is 0 Å². The second-order valence-electron chi connectivity index (χ2n) is 5.99. The monoisotopic (exact) mass is 291 g/mol. The Hall–Kier alpha value is -1.06. The molecule has 0 spiro atoms. The van der Waals surface area contributed by atoms with Gasteiger partial charge in [0.1, 0.15) is 5.75 Å². The van der Waals surface area contributed by atoms with Gasteiger partial charge in [0.05, 0.1) is 12.2 Å². The molecule has 1 heterocycles. The van der Waals surface area contributed by atoms with Gasteiger partial charge in [-0.25, -0.2) is 0 Å². The lowest BCUT2D eigenvalue weighted by Crippen LogP contribution is -2.36. The maximum Gasteiger partial charge on any atom is 0.119 e. The first-order valence-electron chi connectivity index (χ1n) is 8.36. The number of ether oxygens (including phenoxy) is 1. The van der Waals surface area contributed by atoms with Crippen molar-refractivity contribution in [3.05, 3.63) is 29.8 Å². The highest BCUT2D eigenvalue weighted by molar-refractivity contribution is 5.30. The molecule has 1 fully saturated rings. The maximum atomic E-state index is 11.0. The largest absolute Gasteiger partial charge is 0.494 e. The number of hydrogen-bond donors (Lipinski definition) is 1. The third-order valence-corrected chi connectivity index (χ3v) is 4.58. The van der Waals surface area contributed by atoms with E-state index < -0.39 is 5.60 Å². The van der Waals surface area contributed by atoms with Gasteiger partial charge in [-0.3, -0.25) is 0 Å². The summed E-state index contributed by atoms with van der Waals surface area (Å²) >= 11 is 0. The van der Waals surface area contributed by atoms with Crippen LogP contribution in [-0.2, 0) is 5.60 Å². The summed E-state index contributed by atoms with van der Waals surface area (Å²) in [6.07, 6.45) is 5.50. The van der Waals surface area contributed by atoms with E-state index in [-0.39, 0.29) is 0 Å². The number of aliphatic hydroxyl groups is 1. The van der Waals surface area contributed by atoms with Gasteiger partial charge in [-0.1, -0.05) is 25.5 Å². The van der Waals surface area contributed by atoms with E-state index in [1.54, 1.807) is 0 Å². The van der Waals surface area contributed by atoms with Crippen molar-refractivity contribution in [2.75, 3.05) is 26.2 Å². The van der Waals surface area contributed by atoms with Crippen LogP contribution in [0.4, 0.5) is 0 Å². The fourth-order valence-electron chi connectivity index (χ4n) is 3.08. The van der Waals surface area contributed by atoms with Crippen LogP contribution >= 0.6 is 0 Å². The molecule has 1 aromatic rings. The van der Waals surface area contributed by atoms with Crippen molar-refractivity contribution in [2.45, 2.75) is 51.6 Å². The molecule has 0 bridgehead atoms. The van der Waals surface area contributed by atoms with Crippen molar-refractivity contribution < 1.29 is 9.84 Å². The van der Waals surface area contributed by atoms with Gasteiger partial charge in [-0.15, -0.1) is 0 Å². The van der Waals surface area contributed by atoms with Crippen LogP contribution in [0.1, 0.15) is 51.5 Å². The third kappa shape index (κ3) is 4.45. The molecule has 1 aliphatic rings. The molecule has 3 nitrogen and oxygen atoms in total. The number of hydrogen-bond acceptors (Lipinski definition) is 3. The summed E-state index contributed by atoms with van der Waals surface area (Å²) in [6.45, 7) is 8.07. The molecule has 3 heteroatoms. The molecule has 118 valence electrons. The lowest BCUT2D eigenvalue weighted by Gasteiger charge is -2.32. The summed E-state index contributed by atoms with van der Waals surface area (Å²) in [6, 6.07) is 7.93. The smallest absolute Gasteiger partial charge is 0.119 e. The Morgan fingerprint density at radius 3 is 2.33 bits per heavy atom. The second kappa shape index (κ2) is 7.81. The quantitative estimate of drug-likeness (QED) is 0.834. The fraction of sp³-hybridized carbons (Fsp3) is 0.667. The lowest BCUT2D eigenvalue weighted by molar-refractivity contribution is 0.0115. The molecule has 1 atom stereocenters. The van der Waals surface area contributed by atoms with Gasteiger partial charge in [0.15, 0.2) is 0 Å². The summed E-state index contributed by atoms with van der Waals surface area (Å²) in [4.78, 5) is 2.48. The van der Waals surface area contributed by atoms with Crippen LogP contribution in [0.15, 0.2) is 24.3 Å². The SMILES string of the molecule is CCOc1ccc([C@](O)(CC)CCN2CCCCC2)cc1. The second-order valence-corrected chi connectivity index (χ2v) is 5.99. The van der Waals surface area contributed by atoms with Gasteiger partial charge >= 0.3 is 0 Å². The van der Waals surface area contributed by atoms with Crippen LogP contribution < -0.4 is 4.74 Å². The van der Waals surface area contributed by atoms with Gasteiger partial charge < -0.3 is 14.7 Å². The van der Waals surface area contributed by atoms with E-state index in [4.69, 9.17) is 4.74 Å². The minimum Gasteiger partial charge on any atom is -0.494 e. The third-order valence-electron chi connectivity index (χ3n) is 4.58. The van der Waals surface area contributed by atoms with Crippen molar-refractivity contribution >= 4 is 0 Å². The zero-order valence-corrected chi connectivity index (χ0v) is 13.5. The van der Waals surface area contributed by atoms with E-state index >= 15 is 0 Å². The van der Waals surface area contributed by atoms with E-state index in [0.29, 0.717) is 6.61 Å². The average molecular weight is 291 g/mol. The minimum atomic E-state index is -0.720. The van der Waals surface area contributed by atoms with E-state index in [2.05, 4.69) is 11.8 Å². The summed E-state index contributed by atoms with van der Waals surface area (Å²) in [5, 5.41) is 11.0. The van der Waals surface area contributed by atoms with Crippen LogP contribution in [0, 0.1) is 0 Å². The van der Waals surface area contributed by atoms with E-state index in [0.717, 1.165) is 30.7 Å². The van der Waals surface area contributed by atoms with Gasteiger partial charge in [0, 0.05) is 6.54 Å². The Bertz CT molecular complexity index is 412. The van der Waals surface area contributed by atoms with Gasteiger partial charge in [0.25, 0.3) is 0 Å². The Kier molecular flexibility index (Phi) is 6.07. The molecule has 0 amide bonds. The molecule has 1 aromatic carbocycles. The molecule has 0 saturated carbocycles. The van der Waals surface area contributed by atoms with Gasteiger partial charge in [-0.05, 0) is 63.4 Å². The molecule has 0 aromatic heterocycles. The van der Waals surface area contributed by atoms with Crippen molar-refractivity contribution in [1.82, 2.24) is 4.90 Å².